The molecular weight excluding hydrogens is 233 g/mol. The molecular formula is C14H18O4. The zero-order valence-corrected chi connectivity index (χ0v) is 11.1. The van der Waals surface area contributed by atoms with Gasteiger partial charge in [-0.25, -0.2) is 4.79 Å². The first-order valence-electron chi connectivity index (χ1n) is 6.02. The SMILES string of the molecule is Cc1c(C)c2c(c(C)c1O)CC[C@](C)([13C](=O)O)O2. The highest BCUT2D eigenvalue weighted by Crippen LogP contribution is 2.43. The Balaban J connectivity index is 2.61. The zero-order valence-electron chi connectivity index (χ0n) is 11.1. The van der Waals surface area contributed by atoms with E-state index < -0.39 is 11.6 Å². The molecule has 4 heteroatoms. The second-order valence-electron chi connectivity index (χ2n) is 5.17. The van der Waals surface area contributed by atoms with Crippen LogP contribution in [0.1, 0.15) is 35.6 Å². The number of aliphatic carboxylic acids is 1. The smallest absolute Gasteiger partial charge is 0.347 e. The number of phenolic OH excluding ortho intramolecular Hbond substituents is 1. The molecule has 0 bridgehead atoms. The van der Waals surface area contributed by atoms with Gasteiger partial charge in [-0.15, -0.1) is 0 Å². The predicted octanol–water partition coefficient (Wildman–Crippen LogP) is 2.49. The van der Waals surface area contributed by atoms with Crippen molar-refractivity contribution in [2.24, 2.45) is 0 Å². The van der Waals surface area contributed by atoms with Crippen LogP contribution in [0.2, 0.25) is 0 Å². The standard InChI is InChI=1S/C14H18O4/c1-7-8(2)12-10(9(3)11(7)15)5-6-14(4,18-12)13(16)17/h15H,5-6H2,1-4H3,(H,16,17)/t14-/m1/s1/i13+1. The van der Waals surface area contributed by atoms with E-state index in [1.807, 2.05) is 20.8 Å². The van der Waals surface area contributed by atoms with Crippen LogP contribution >= 0.6 is 0 Å². The van der Waals surface area contributed by atoms with Crippen LogP contribution in [0.25, 0.3) is 0 Å². The largest absolute Gasteiger partial charge is 0.507 e. The summed E-state index contributed by atoms with van der Waals surface area (Å²) >= 11 is 0. The van der Waals surface area contributed by atoms with Gasteiger partial charge >= 0.3 is 5.97 Å². The van der Waals surface area contributed by atoms with Gasteiger partial charge in [-0.2, -0.15) is 0 Å². The van der Waals surface area contributed by atoms with E-state index in [-0.39, 0.29) is 5.75 Å². The molecule has 1 atom stereocenters. The van der Waals surface area contributed by atoms with E-state index >= 15 is 0 Å². The third-order valence-corrected chi connectivity index (χ3v) is 3.97. The Kier molecular flexibility index (Phi) is 2.76. The molecule has 98 valence electrons. The van der Waals surface area contributed by atoms with Crippen LogP contribution in [0.4, 0.5) is 0 Å². The lowest BCUT2D eigenvalue weighted by molar-refractivity contribution is -0.155. The van der Waals surface area contributed by atoms with Crippen LogP contribution in [-0.2, 0) is 11.2 Å². The Morgan fingerprint density at radius 2 is 1.83 bits per heavy atom. The molecule has 4 nitrogen and oxygen atoms in total. The maximum atomic E-state index is 11.3. The van der Waals surface area contributed by atoms with Gasteiger partial charge in [0.2, 0.25) is 5.60 Å². The number of rotatable bonds is 1. The van der Waals surface area contributed by atoms with Gasteiger partial charge in [0, 0.05) is 12.0 Å². The summed E-state index contributed by atoms with van der Waals surface area (Å²) in [4.78, 5) is 11.3. The lowest BCUT2D eigenvalue weighted by Gasteiger charge is -2.34. The average Bonchev–Trinajstić information content (AvgIpc) is 2.33. The van der Waals surface area contributed by atoms with Crippen LogP contribution < -0.4 is 4.74 Å². The van der Waals surface area contributed by atoms with Gasteiger partial charge in [0.25, 0.3) is 0 Å². The summed E-state index contributed by atoms with van der Waals surface area (Å²) in [7, 11) is 0. The normalized spacial score (nSPS) is 22.2. The van der Waals surface area contributed by atoms with Gasteiger partial charge in [-0.3, -0.25) is 0 Å². The fourth-order valence-electron chi connectivity index (χ4n) is 2.40. The molecule has 0 aromatic heterocycles. The van der Waals surface area contributed by atoms with Gasteiger partial charge in [0.15, 0.2) is 0 Å². The summed E-state index contributed by atoms with van der Waals surface area (Å²) in [6, 6.07) is 0. The monoisotopic (exact) mass is 251 g/mol. The first kappa shape index (κ1) is 12.7. The molecule has 0 radical (unpaired) electrons. The first-order valence-corrected chi connectivity index (χ1v) is 6.02. The van der Waals surface area contributed by atoms with E-state index in [1.54, 1.807) is 6.92 Å². The van der Waals surface area contributed by atoms with Crippen molar-refractivity contribution in [3.8, 4) is 11.5 Å². The second kappa shape index (κ2) is 3.90. The molecule has 0 amide bonds. The van der Waals surface area contributed by atoms with E-state index in [0.29, 0.717) is 18.6 Å². The molecule has 18 heavy (non-hydrogen) atoms. The highest BCUT2D eigenvalue weighted by molar-refractivity contribution is 5.78. The fraction of sp³-hybridized carbons (Fsp3) is 0.500. The van der Waals surface area contributed by atoms with Gasteiger partial charge in [-0.1, -0.05) is 0 Å². The van der Waals surface area contributed by atoms with E-state index in [4.69, 9.17) is 4.74 Å². The Hall–Kier alpha value is -1.71. The van der Waals surface area contributed by atoms with Crippen LogP contribution in [0.5, 0.6) is 11.5 Å². The molecule has 2 rings (SSSR count). The van der Waals surface area contributed by atoms with Crippen molar-refractivity contribution < 1.29 is 19.7 Å². The summed E-state index contributed by atoms with van der Waals surface area (Å²) in [5.74, 6) is -0.0383. The molecule has 0 saturated heterocycles. The molecule has 0 spiro atoms. The number of hydrogen-bond donors (Lipinski definition) is 2. The molecule has 1 aromatic rings. The van der Waals surface area contributed by atoms with Crippen molar-refractivity contribution in [3.05, 3.63) is 22.3 Å². The molecule has 0 aliphatic carbocycles. The molecule has 1 heterocycles. The lowest BCUT2D eigenvalue weighted by Crippen LogP contribution is -2.44. The highest BCUT2D eigenvalue weighted by Gasteiger charge is 2.40. The number of phenols is 1. The van der Waals surface area contributed by atoms with Gasteiger partial charge < -0.3 is 14.9 Å². The van der Waals surface area contributed by atoms with Crippen molar-refractivity contribution in [2.75, 3.05) is 0 Å². The van der Waals surface area contributed by atoms with E-state index in [2.05, 4.69) is 0 Å². The molecule has 1 aliphatic rings. The predicted molar refractivity (Wildman–Crippen MR) is 67.3 cm³/mol. The van der Waals surface area contributed by atoms with Crippen molar-refractivity contribution in [3.63, 3.8) is 0 Å². The summed E-state index contributed by atoms with van der Waals surface area (Å²) in [5.41, 5.74) is 2.11. The quantitative estimate of drug-likeness (QED) is 0.752. The zero-order chi connectivity index (χ0) is 13.7. The molecule has 0 unspecified atom stereocenters. The topological polar surface area (TPSA) is 66.8 Å². The molecule has 0 fully saturated rings. The third kappa shape index (κ3) is 1.64. The number of carboxylic acids is 1. The Bertz CT molecular complexity index is 533. The minimum atomic E-state index is -1.17. The fourth-order valence-corrected chi connectivity index (χ4v) is 2.40. The van der Waals surface area contributed by atoms with Crippen LogP contribution in [0.15, 0.2) is 0 Å². The highest BCUT2D eigenvalue weighted by atomic mass is 16.6. The lowest BCUT2D eigenvalue weighted by atomic mass is 9.89. The second-order valence-corrected chi connectivity index (χ2v) is 5.17. The van der Waals surface area contributed by atoms with E-state index in [1.165, 1.54) is 0 Å². The van der Waals surface area contributed by atoms with Crippen molar-refractivity contribution in [2.45, 2.75) is 46.1 Å². The van der Waals surface area contributed by atoms with Crippen molar-refractivity contribution >= 4 is 5.97 Å². The molecule has 0 saturated carbocycles. The number of carboxylic acid groups (broad SMARTS) is 1. The number of ether oxygens (including phenoxy) is 1. The third-order valence-electron chi connectivity index (χ3n) is 3.97. The van der Waals surface area contributed by atoms with Gasteiger partial charge in [-0.05, 0) is 50.8 Å². The number of carbonyl (C=O) groups is 1. The number of aromatic hydroxyl groups is 1. The maximum absolute atomic E-state index is 11.3. The molecule has 1 aromatic carbocycles. The summed E-state index contributed by atoms with van der Waals surface area (Å²) in [5, 5.41) is 19.2. The van der Waals surface area contributed by atoms with Gasteiger partial charge in [0.1, 0.15) is 11.5 Å². The number of fused-ring (bicyclic) bond motifs is 1. The Labute approximate surface area is 106 Å². The maximum Gasteiger partial charge on any atom is 0.347 e. The number of benzene rings is 1. The van der Waals surface area contributed by atoms with Crippen molar-refractivity contribution in [1.82, 2.24) is 0 Å². The van der Waals surface area contributed by atoms with E-state index in [9.17, 15) is 15.0 Å². The van der Waals surface area contributed by atoms with E-state index in [0.717, 1.165) is 22.3 Å². The molecule has 1 aliphatic heterocycles. The number of hydrogen-bond acceptors (Lipinski definition) is 3. The van der Waals surface area contributed by atoms with Gasteiger partial charge in [0.05, 0.1) is 0 Å². The Morgan fingerprint density at radius 1 is 1.22 bits per heavy atom. The van der Waals surface area contributed by atoms with Crippen molar-refractivity contribution in [1.29, 1.82) is 0 Å². The van der Waals surface area contributed by atoms with Crippen LogP contribution in [0.3, 0.4) is 0 Å². The minimum absolute atomic E-state index is 0.286. The summed E-state index contributed by atoms with van der Waals surface area (Å²) < 4.78 is 5.72. The summed E-state index contributed by atoms with van der Waals surface area (Å²) in [6.45, 7) is 7.09. The summed E-state index contributed by atoms with van der Waals surface area (Å²) in [6.07, 6.45) is 1.02. The van der Waals surface area contributed by atoms with Crippen LogP contribution in [0, 0.1) is 20.8 Å². The Morgan fingerprint density at radius 3 is 2.39 bits per heavy atom. The van der Waals surface area contributed by atoms with Crippen LogP contribution in [-0.4, -0.2) is 21.8 Å². The minimum Gasteiger partial charge on any atom is -0.507 e. The molecule has 2 N–H and O–H groups in total. The average molecular weight is 251 g/mol. The first-order chi connectivity index (χ1) is 8.28.